The summed E-state index contributed by atoms with van der Waals surface area (Å²) in [5.74, 6) is -0.0117. The van der Waals surface area contributed by atoms with Crippen molar-refractivity contribution in [1.82, 2.24) is 4.90 Å². The van der Waals surface area contributed by atoms with E-state index < -0.39 is 6.29 Å². The van der Waals surface area contributed by atoms with E-state index in [1.54, 1.807) is 4.90 Å². The fraction of sp³-hybridized carbons (Fsp3) is 0.800. The van der Waals surface area contributed by atoms with Crippen LogP contribution in [-0.2, 0) is 4.74 Å². The lowest BCUT2D eigenvalue weighted by Crippen LogP contribution is -2.48. The number of hydrogen-bond donors (Lipinski definition) is 3. The topological polar surface area (TPSA) is 82.6 Å². The minimum Gasteiger partial charge on any atom is -0.370 e. The number of aliphatic hydroxyl groups excluding tert-OH is 1. The van der Waals surface area contributed by atoms with E-state index in [-0.39, 0.29) is 5.96 Å². The van der Waals surface area contributed by atoms with E-state index in [4.69, 9.17) is 21.0 Å². The van der Waals surface area contributed by atoms with Gasteiger partial charge in [-0.2, -0.15) is 0 Å². The average molecular weight is 145 g/mol. The number of β-amino-alcohol motifs (C(OH)–C–C–N with tert-alkyl or cyclic N) is 1. The van der Waals surface area contributed by atoms with Crippen LogP contribution in [0.4, 0.5) is 0 Å². The number of guanidine groups is 1. The van der Waals surface area contributed by atoms with Crippen LogP contribution in [0.25, 0.3) is 0 Å². The summed E-state index contributed by atoms with van der Waals surface area (Å²) in [6.07, 6.45) is -0.794. The first-order valence-electron chi connectivity index (χ1n) is 3.09. The second-order valence-corrected chi connectivity index (χ2v) is 2.16. The average Bonchev–Trinajstić information content (AvgIpc) is 1.88. The van der Waals surface area contributed by atoms with Crippen LogP contribution in [0.3, 0.4) is 0 Å². The lowest BCUT2D eigenvalue weighted by Gasteiger charge is -2.30. The largest absolute Gasteiger partial charge is 0.370 e. The van der Waals surface area contributed by atoms with Crippen LogP contribution in [0.15, 0.2) is 0 Å². The number of nitrogens with zero attached hydrogens (tertiary/aromatic N) is 1. The van der Waals surface area contributed by atoms with Crippen LogP contribution in [0.2, 0.25) is 0 Å². The van der Waals surface area contributed by atoms with Gasteiger partial charge in [0.15, 0.2) is 12.2 Å². The van der Waals surface area contributed by atoms with Gasteiger partial charge in [0.1, 0.15) is 0 Å². The zero-order chi connectivity index (χ0) is 7.56. The van der Waals surface area contributed by atoms with Crippen molar-refractivity contribution < 1.29 is 9.84 Å². The van der Waals surface area contributed by atoms with Crippen molar-refractivity contribution in [3.63, 3.8) is 0 Å². The Morgan fingerprint density at radius 1 is 1.80 bits per heavy atom. The van der Waals surface area contributed by atoms with Crippen LogP contribution in [0, 0.1) is 5.41 Å². The SMILES string of the molecule is N=C(N)N1CCOC(O)C1. The normalized spacial score (nSPS) is 26.5. The van der Waals surface area contributed by atoms with Gasteiger partial charge in [-0.15, -0.1) is 0 Å². The molecule has 1 heterocycles. The highest BCUT2D eigenvalue weighted by Gasteiger charge is 2.17. The molecule has 58 valence electrons. The lowest BCUT2D eigenvalue weighted by atomic mass is 10.4. The van der Waals surface area contributed by atoms with E-state index in [1.165, 1.54) is 0 Å². The summed E-state index contributed by atoms with van der Waals surface area (Å²) in [7, 11) is 0. The molecule has 5 nitrogen and oxygen atoms in total. The van der Waals surface area contributed by atoms with E-state index in [2.05, 4.69) is 0 Å². The second kappa shape index (κ2) is 2.85. The van der Waals surface area contributed by atoms with E-state index in [0.29, 0.717) is 19.7 Å². The highest BCUT2D eigenvalue weighted by atomic mass is 16.6. The molecule has 0 amide bonds. The molecule has 1 aliphatic heterocycles. The van der Waals surface area contributed by atoms with Gasteiger partial charge in [0.2, 0.25) is 0 Å². The van der Waals surface area contributed by atoms with Gasteiger partial charge < -0.3 is 20.5 Å². The Balaban J connectivity index is 2.39. The number of morpholine rings is 1. The Hall–Kier alpha value is -0.810. The van der Waals surface area contributed by atoms with Crippen molar-refractivity contribution in [2.45, 2.75) is 6.29 Å². The molecule has 0 spiro atoms. The molecule has 0 aromatic rings. The molecule has 1 unspecified atom stereocenters. The second-order valence-electron chi connectivity index (χ2n) is 2.16. The zero-order valence-electron chi connectivity index (χ0n) is 5.58. The zero-order valence-corrected chi connectivity index (χ0v) is 5.58. The lowest BCUT2D eigenvalue weighted by molar-refractivity contribution is -0.133. The van der Waals surface area contributed by atoms with Crippen molar-refractivity contribution in [3.8, 4) is 0 Å². The summed E-state index contributed by atoms with van der Waals surface area (Å²) >= 11 is 0. The Morgan fingerprint density at radius 3 is 2.90 bits per heavy atom. The molecule has 5 heteroatoms. The summed E-state index contributed by atoms with van der Waals surface area (Å²) < 4.78 is 4.82. The summed E-state index contributed by atoms with van der Waals surface area (Å²) in [6, 6.07) is 0. The van der Waals surface area contributed by atoms with E-state index in [1.807, 2.05) is 0 Å². The molecule has 1 rings (SSSR count). The van der Waals surface area contributed by atoms with Crippen LogP contribution in [0.5, 0.6) is 0 Å². The smallest absolute Gasteiger partial charge is 0.188 e. The minimum atomic E-state index is -0.794. The Bertz CT molecular complexity index is 139. The third-order valence-electron chi connectivity index (χ3n) is 1.39. The van der Waals surface area contributed by atoms with Gasteiger partial charge in [-0.3, -0.25) is 5.41 Å². The first-order chi connectivity index (χ1) is 4.70. The number of nitrogens with two attached hydrogens (primary N) is 1. The number of hydrogen-bond acceptors (Lipinski definition) is 3. The number of ether oxygens (including phenoxy) is 1. The van der Waals surface area contributed by atoms with Crippen LogP contribution in [0.1, 0.15) is 0 Å². The third-order valence-corrected chi connectivity index (χ3v) is 1.39. The third kappa shape index (κ3) is 1.58. The standard InChI is InChI=1S/C5H11N3O2/c6-5(7)8-1-2-10-4(9)3-8/h4,9H,1-3H2,(H3,6,7). The minimum absolute atomic E-state index is 0.0117. The first-order valence-corrected chi connectivity index (χ1v) is 3.09. The maximum atomic E-state index is 8.91. The van der Waals surface area contributed by atoms with Gasteiger partial charge in [-0.1, -0.05) is 0 Å². The summed E-state index contributed by atoms with van der Waals surface area (Å²) in [5.41, 5.74) is 5.17. The predicted octanol–water partition coefficient (Wildman–Crippen LogP) is -1.47. The van der Waals surface area contributed by atoms with Gasteiger partial charge in [0.25, 0.3) is 0 Å². The van der Waals surface area contributed by atoms with Crippen molar-refractivity contribution in [2.75, 3.05) is 19.7 Å². The van der Waals surface area contributed by atoms with Crippen molar-refractivity contribution >= 4 is 5.96 Å². The summed E-state index contributed by atoms with van der Waals surface area (Å²) in [5, 5.41) is 15.9. The molecule has 1 fully saturated rings. The summed E-state index contributed by atoms with van der Waals surface area (Å²) in [4.78, 5) is 1.56. The van der Waals surface area contributed by atoms with Crippen molar-refractivity contribution in [1.29, 1.82) is 5.41 Å². The van der Waals surface area contributed by atoms with E-state index in [0.717, 1.165) is 0 Å². The molecular weight excluding hydrogens is 134 g/mol. The van der Waals surface area contributed by atoms with Crippen LogP contribution >= 0.6 is 0 Å². The molecule has 0 aromatic carbocycles. The highest BCUT2D eigenvalue weighted by Crippen LogP contribution is 2.00. The molecule has 1 aliphatic rings. The first kappa shape index (κ1) is 7.30. The number of rotatable bonds is 0. The fourth-order valence-electron chi connectivity index (χ4n) is 0.850. The van der Waals surface area contributed by atoms with Gasteiger partial charge in [-0.05, 0) is 0 Å². The van der Waals surface area contributed by atoms with Crippen molar-refractivity contribution in [3.05, 3.63) is 0 Å². The summed E-state index contributed by atoms with van der Waals surface area (Å²) in [6.45, 7) is 1.32. The van der Waals surface area contributed by atoms with Gasteiger partial charge in [-0.25, -0.2) is 0 Å². The van der Waals surface area contributed by atoms with E-state index in [9.17, 15) is 0 Å². The molecule has 1 saturated heterocycles. The van der Waals surface area contributed by atoms with Crippen LogP contribution < -0.4 is 5.73 Å². The number of aliphatic hydroxyl groups is 1. The monoisotopic (exact) mass is 145 g/mol. The predicted molar refractivity (Wildman–Crippen MR) is 35.4 cm³/mol. The highest BCUT2D eigenvalue weighted by molar-refractivity contribution is 5.74. The van der Waals surface area contributed by atoms with Gasteiger partial charge >= 0.3 is 0 Å². The quantitative estimate of drug-likeness (QED) is 0.287. The molecule has 0 radical (unpaired) electrons. The molecular formula is C5H11N3O2. The Morgan fingerprint density at radius 2 is 2.50 bits per heavy atom. The Kier molecular flexibility index (Phi) is 2.08. The van der Waals surface area contributed by atoms with E-state index >= 15 is 0 Å². The maximum absolute atomic E-state index is 8.91. The van der Waals surface area contributed by atoms with Crippen LogP contribution in [-0.4, -0.2) is 42.0 Å². The number of nitrogens with one attached hydrogen (secondary N) is 1. The molecule has 0 saturated carbocycles. The molecule has 4 N–H and O–H groups in total. The van der Waals surface area contributed by atoms with Gasteiger partial charge in [0, 0.05) is 6.54 Å². The van der Waals surface area contributed by atoms with Crippen molar-refractivity contribution in [2.24, 2.45) is 5.73 Å². The molecule has 0 bridgehead atoms. The van der Waals surface area contributed by atoms with Gasteiger partial charge in [0.05, 0.1) is 13.2 Å². The maximum Gasteiger partial charge on any atom is 0.188 e. The molecule has 1 atom stereocenters. The Labute approximate surface area is 58.9 Å². The molecule has 10 heavy (non-hydrogen) atoms. The fourth-order valence-corrected chi connectivity index (χ4v) is 0.850. The molecule has 0 aliphatic carbocycles. The molecule has 0 aromatic heterocycles.